The SMILES string of the molecule is COc1cc(-c2nnc(SC[C@@H]3CCCO3)o2)cc(OC)c1OC. The molecule has 1 aliphatic rings. The fraction of sp³-hybridized carbons (Fsp3) is 0.500. The van der Waals surface area contributed by atoms with Crippen LogP contribution in [0.3, 0.4) is 0 Å². The van der Waals surface area contributed by atoms with E-state index in [2.05, 4.69) is 10.2 Å². The average Bonchev–Trinajstić information content (AvgIpc) is 3.30. The summed E-state index contributed by atoms with van der Waals surface area (Å²) in [5, 5.41) is 8.72. The Kier molecular flexibility index (Phi) is 5.47. The summed E-state index contributed by atoms with van der Waals surface area (Å²) in [6.45, 7) is 0.839. The predicted octanol–water partition coefficient (Wildman–Crippen LogP) is 3.03. The highest BCUT2D eigenvalue weighted by molar-refractivity contribution is 7.99. The molecule has 1 aromatic carbocycles. The van der Waals surface area contributed by atoms with Gasteiger partial charge in [0, 0.05) is 17.9 Å². The van der Waals surface area contributed by atoms with E-state index < -0.39 is 0 Å². The van der Waals surface area contributed by atoms with Gasteiger partial charge in [0.2, 0.25) is 11.6 Å². The molecule has 24 heavy (non-hydrogen) atoms. The van der Waals surface area contributed by atoms with Crippen LogP contribution < -0.4 is 14.2 Å². The van der Waals surface area contributed by atoms with Gasteiger partial charge < -0.3 is 23.4 Å². The molecule has 0 bridgehead atoms. The van der Waals surface area contributed by atoms with Gasteiger partial charge >= 0.3 is 0 Å². The zero-order chi connectivity index (χ0) is 16.9. The van der Waals surface area contributed by atoms with Crippen molar-refractivity contribution in [3.8, 4) is 28.7 Å². The summed E-state index contributed by atoms with van der Waals surface area (Å²) in [6, 6.07) is 3.56. The van der Waals surface area contributed by atoms with Crippen LogP contribution in [0, 0.1) is 0 Å². The highest BCUT2D eigenvalue weighted by Gasteiger charge is 2.20. The molecule has 1 aliphatic heterocycles. The van der Waals surface area contributed by atoms with Gasteiger partial charge in [0.25, 0.3) is 5.22 Å². The molecule has 0 amide bonds. The molecule has 7 nitrogen and oxygen atoms in total. The van der Waals surface area contributed by atoms with E-state index in [9.17, 15) is 0 Å². The van der Waals surface area contributed by atoms with E-state index in [-0.39, 0.29) is 6.10 Å². The Labute approximate surface area is 144 Å². The van der Waals surface area contributed by atoms with Crippen LogP contribution in [0.15, 0.2) is 21.8 Å². The summed E-state index contributed by atoms with van der Waals surface area (Å²) in [5.41, 5.74) is 0.709. The summed E-state index contributed by atoms with van der Waals surface area (Å²) in [6.07, 6.45) is 2.47. The van der Waals surface area contributed by atoms with Crippen molar-refractivity contribution in [2.45, 2.75) is 24.2 Å². The Balaban J connectivity index is 1.78. The first-order chi connectivity index (χ1) is 11.7. The minimum Gasteiger partial charge on any atom is -0.493 e. The second-order valence-corrected chi connectivity index (χ2v) is 6.20. The van der Waals surface area contributed by atoms with Gasteiger partial charge in [-0.3, -0.25) is 0 Å². The lowest BCUT2D eigenvalue weighted by Crippen LogP contribution is -2.07. The number of nitrogens with zero attached hydrogens (tertiary/aromatic N) is 2. The van der Waals surface area contributed by atoms with E-state index in [1.165, 1.54) is 11.8 Å². The molecule has 0 radical (unpaired) electrons. The van der Waals surface area contributed by atoms with Crippen LogP contribution in [0.2, 0.25) is 0 Å². The van der Waals surface area contributed by atoms with Crippen molar-refractivity contribution in [3.63, 3.8) is 0 Å². The third-order valence-corrected chi connectivity index (χ3v) is 4.69. The number of rotatable bonds is 7. The molecular weight excluding hydrogens is 332 g/mol. The van der Waals surface area contributed by atoms with Gasteiger partial charge in [-0.15, -0.1) is 10.2 Å². The van der Waals surface area contributed by atoms with Crippen LogP contribution in [-0.4, -0.2) is 50.0 Å². The van der Waals surface area contributed by atoms with Crippen molar-refractivity contribution in [1.29, 1.82) is 0 Å². The smallest absolute Gasteiger partial charge is 0.276 e. The largest absolute Gasteiger partial charge is 0.493 e. The van der Waals surface area contributed by atoms with Crippen LogP contribution in [0.25, 0.3) is 11.5 Å². The molecule has 0 unspecified atom stereocenters. The van der Waals surface area contributed by atoms with Gasteiger partial charge in [0.15, 0.2) is 11.5 Å². The number of ether oxygens (including phenoxy) is 4. The first-order valence-electron chi connectivity index (χ1n) is 7.63. The standard InChI is InChI=1S/C16H20N2O5S/c1-19-12-7-10(8-13(20-2)14(12)21-3)15-17-18-16(23-15)24-9-11-5-4-6-22-11/h7-8,11H,4-6,9H2,1-3H3/t11-/m0/s1. The summed E-state index contributed by atoms with van der Waals surface area (Å²) in [4.78, 5) is 0. The fourth-order valence-corrected chi connectivity index (χ4v) is 3.36. The van der Waals surface area contributed by atoms with Gasteiger partial charge in [-0.2, -0.15) is 0 Å². The number of thioether (sulfide) groups is 1. The maximum Gasteiger partial charge on any atom is 0.276 e. The molecule has 1 atom stereocenters. The molecule has 8 heteroatoms. The van der Waals surface area contributed by atoms with Gasteiger partial charge in [-0.1, -0.05) is 11.8 Å². The molecule has 0 N–H and O–H groups in total. The molecule has 2 heterocycles. The molecule has 0 spiro atoms. The molecule has 0 saturated carbocycles. The van der Waals surface area contributed by atoms with Crippen LogP contribution in [-0.2, 0) is 4.74 Å². The van der Waals surface area contributed by atoms with Crippen molar-refractivity contribution in [1.82, 2.24) is 10.2 Å². The summed E-state index contributed by atoms with van der Waals surface area (Å²) >= 11 is 1.51. The zero-order valence-electron chi connectivity index (χ0n) is 13.9. The second kappa shape index (κ2) is 7.76. The quantitative estimate of drug-likeness (QED) is 0.704. The average molecular weight is 352 g/mol. The topological polar surface area (TPSA) is 75.8 Å². The van der Waals surface area contributed by atoms with E-state index in [0.29, 0.717) is 33.9 Å². The van der Waals surface area contributed by atoms with Crippen molar-refractivity contribution in [2.75, 3.05) is 33.7 Å². The predicted molar refractivity (Wildman–Crippen MR) is 89.1 cm³/mol. The number of hydrogen-bond acceptors (Lipinski definition) is 8. The van der Waals surface area contributed by atoms with Crippen molar-refractivity contribution in [2.24, 2.45) is 0 Å². The third-order valence-electron chi connectivity index (χ3n) is 3.73. The Morgan fingerprint density at radius 2 is 1.88 bits per heavy atom. The number of benzene rings is 1. The molecule has 3 rings (SSSR count). The minimum absolute atomic E-state index is 0.270. The van der Waals surface area contributed by atoms with Gasteiger partial charge in [-0.25, -0.2) is 0 Å². The molecule has 1 aromatic heterocycles. The third kappa shape index (κ3) is 3.59. The Morgan fingerprint density at radius 1 is 1.12 bits per heavy atom. The highest BCUT2D eigenvalue weighted by Crippen LogP contribution is 2.41. The Morgan fingerprint density at radius 3 is 2.46 bits per heavy atom. The van der Waals surface area contributed by atoms with E-state index in [1.54, 1.807) is 33.5 Å². The lowest BCUT2D eigenvalue weighted by molar-refractivity contribution is 0.128. The number of aromatic nitrogens is 2. The van der Waals surface area contributed by atoms with E-state index >= 15 is 0 Å². The second-order valence-electron chi connectivity index (χ2n) is 5.23. The van der Waals surface area contributed by atoms with Gasteiger partial charge in [0.05, 0.1) is 27.4 Å². The van der Waals surface area contributed by atoms with Gasteiger partial charge in [-0.05, 0) is 25.0 Å². The van der Waals surface area contributed by atoms with E-state index in [1.807, 2.05) is 0 Å². The molecule has 1 saturated heterocycles. The van der Waals surface area contributed by atoms with Crippen molar-refractivity contribution >= 4 is 11.8 Å². The Hall–Kier alpha value is -1.93. The fourth-order valence-electron chi connectivity index (χ4n) is 2.53. The molecule has 1 fully saturated rings. The monoisotopic (exact) mass is 352 g/mol. The number of methoxy groups -OCH3 is 3. The van der Waals surface area contributed by atoms with Gasteiger partial charge in [0.1, 0.15) is 0 Å². The van der Waals surface area contributed by atoms with Crippen LogP contribution >= 0.6 is 11.8 Å². The summed E-state index contributed by atoms with van der Waals surface area (Å²) in [5.74, 6) is 2.83. The molecular formula is C16H20N2O5S. The minimum atomic E-state index is 0.270. The zero-order valence-corrected chi connectivity index (χ0v) is 14.7. The first kappa shape index (κ1) is 16.9. The maximum atomic E-state index is 5.74. The highest BCUT2D eigenvalue weighted by atomic mass is 32.2. The summed E-state index contributed by atoms with van der Waals surface area (Å²) < 4.78 is 27.3. The normalized spacial score (nSPS) is 17.0. The molecule has 2 aromatic rings. The number of hydrogen-bond donors (Lipinski definition) is 0. The molecule has 130 valence electrons. The van der Waals surface area contributed by atoms with Crippen LogP contribution in [0.1, 0.15) is 12.8 Å². The van der Waals surface area contributed by atoms with Crippen molar-refractivity contribution in [3.05, 3.63) is 12.1 Å². The van der Waals surface area contributed by atoms with Crippen molar-refractivity contribution < 1.29 is 23.4 Å². The lowest BCUT2D eigenvalue weighted by Gasteiger charge is -2.12. The summed E-state index contributed by atoms with van der Waals surface area (Å²) in [7, 11) is 4.70. The van der Waals surface area contributed by atoms with Crippen LogP contribution in [0.4, 0.5) is 0 Å². The first-order valence-corrected chi connectivity index (χ1v) is 8.62. The Bertz CT molecular complexity index is 660. The van der Waals surface area contributed by atoms with Crippen LogP contribution in [0.5, 0.6) is 17.2 Å². The lowest BCUT2D eigenvalue weighted by atomic mass is 10.2. The molecule has 0 aliphatic carbocycles. The maximum absolute atomic E-state index is 5.74. The van der Waals surface area contributed by atoms with E-state index in [4.69, 9.17) is 23.4 Å². The van der Waals surface area contributed by atoms with E-state index in [0.717, 1.165) is 25.2 Å².